The van der Waals surface area contributed by atoms with Crippen LogP contribution in [-0.4, -0.2) is 17.9 Å². The van der Waals surface area contributed by atoms with Crippen molar-refractivity contribution in [2.45, 2.75) is 19.4 Å². The van der Waals surface area contributed by atoms with Crippen LogP contribution in [0.3, 0.4) is 0 Å². The van der Waals surface area contributed by atoms with Gasteiger partial charge in [0.1, 0.15) is 5.03 Å². The summed E-state index contributed by atoms with van der Waals surface area (Å²) in [5, 5.41) is 3.09. The third-order valence-electron chi connectivity index (χ3n) is 3.78. The summed E-state index contributed by atoms with van der Waals surface area (Å²) in [6, 6.07) is 16.5. The first-order valence-electron chi connectivity index (χ1n) is 7.57. The van der Waals surface area contributed by atoms with E-state index in [2.05, 4.69) is 5.32 Å². The van der Waals surface area contributed by atoms with E-state index in [-0.39, 0.29) is 17.2 Å². The third kappa shape index (κ3) is 3.49. The summed E-state index contributed by atoms with van der Waals surface area (Å²) >= 11 is 6.07. The van der Waals surface area contributed by atoms with Gasteiger partial charge in [0.05, 0.1) is 12.1 Å². The number of esters is 1. The number of ether oxygens (including phenoxy) is 1. The zero-order valence-corrected chi connectivity index (χ0v) is 13.8. The monoisotopic (exact) mass is 341 g/mol. The van der Waals surface area contributed by atoms with E-state index in [4.69, 9.17) is 16.3 Å². The number of aryl methyl sites for hydroxylation is 1. The molecule has 1 N–H and O–H groups in total. The van der Waals surface area contributed by atoms with Gasteiger partial charge in [0, 0.05) is 11.3 Å². The molecule has 3 rings (SSSR count). The fourth-order valence-corrected chi connectivity index (χ4v) is 2.69. The fourth-order valence-electron chi connectivity index (χ4n) is 2.47. The number of hydrogen-bond donors (Lipinski definition) is 1. The van der Waals surface area contributed by atoms with Crippen LogP contribution in [0.25, 0.3) is 0 Å². The van der Waals surface area contributed by atoms with E-state index in [0.29, 0.717) is 11.3 Å². The van der Waals surface area contributed by atoms with Crippen LogP contribution in [0.2, 0.25) is 0 Å². The van der Waals surface area contributed by atoms with Gasteiger partial charge in [-0.1, -0.05) is 59.6 Å². The standard InChI is InChI=1S/C19H16ClNO3/c1-12-7-9-14(10-8-12)21-18-16(24-19(23)17(18)20)11-15(22)13-5-3-2-4-6-13/h2-10,16,21H,11H2,1H3/t16-/m1/s1. The molecule has 0 unspecified atom stereocenters. The van der Waals surface area contributed by atoms with E-state index in [0.717, 1.165) is 11.3 Å². The zero-order valence-electron chi connectivity index (χ0n) is 13.1. The third-order valence-corrected chi connectivity index (χ3v) is 4.14. The molecule has 0 saturated carbocycles. The highest BCUT2D eigenvalue weighted by molar-refractivity contribution is 6.42. The lowest BCUT2D eigenvalue weighted by Crippen LogP contribution is -2.21. The van der Waals surface area contributed by atoms with Crippen molar-refractivity contribution in [1.82, 2.24) is 0 Å². The Hall–Kier alpha value is -2.59. The number of halogens is 1. The molecule has 5 heteroatoms. The smallest absolute Gasteiger partial charge is 0.352 e. The van der Waals surface area contributed by atoms with E-state index < -0.39 is 12.1 Å². The molecule has 0 aromatic heterocycles. The molecule has 0 fully saturated rings. The lowest BCUT2D eigenvalue weighted by atomic mass is 10.0. The molecule has 1 heterocycles. The number of rotatable bonds is 5. The Morgan fingerprint density at radius 2 is 1.79 bits per heavy atom. The predicted octanol–water partition coefficient (Wildman–Crippen LogP) is 4.06. The second kappa shape index (κ2) is 6.89. The molecule has 122 valence electrons. The highest BCUT2D eigenvalue weighted by Crippen LogP contribution is 2.30. The zero-order chi connectivity index (χ0) is 17.1. The minimum atomic E-state index is -0.709. The molecule has 0 amide bonds. The van der Waals surface area contributed by atoms with Gasteiger partial charge < -0.3 is 10.1 Å². The van der Waals surface area contributed by atoms with E-state index >= 15 is 0 Å². The first-order chi connectivity index (χ1) is 11.5. The van der Waals surface area contributed by atoms with Crippen molar-refractivity contribution in [2.75, 3.05) is 5.32 Å². The van der Waals surface area contributed by atoms with E-state index in [1.165, 1.54) is 0 Å². The van der Waals surface area contributed by atoms with Gasteiger partial charge in [-0.2, -0.15) is 0 Å². The lowest BCUT2D eigenvalue weighted by molar-refractivity contribution is -0.138. The quantitative estimate of drug-likeness (QED) is 0.658. The van der Waals surface area contributed by atoms with Crippen LogP contribution in [0.5, 0.6) is 0 Å². The fraction of sp³-hybridized carbons (Fsp3) is 0.158. The van der Waals surface area contributed by atoms with Crippen molar-refractivity contribution in [3.8, 4) is 0 Å². The van der Waals surface area contributed by atoms with Crippen LogP contribution >= 0.6 is 11.6 Å². The highest BCUT2D eigenvalue weighted by atomic mass is 35.5. The van der Waals surface area contributed by atoms with Crippen LogP contribution in [0.1, 0.15) is 22.3 Å². The summed E-state index contributed by atoms with van der Waals surface area (Å²) < 4.78 is 5.25. The van der Waals surface area contributed by atoms with Gasteiger partial charge in [-0.25, -0.2) is 4.79 Å². The van der Waals surface area contributed by atoms with Crippen molar-refractivity contribution < 1.29 is 14.3 Å². The van der Waals surface area contributed by atoms with Crippen LogP contribution < -0.4 is 5.32 Å². The summed E-state index contributed by atoms with van der Waals surface area (Å²) in [7, 11) is 0. The Kier molecular flexibility index (Phi) is 4.67. The second-order valence-corrected chi connectivity index (χ2v) is 5.98. The molecule has 0 radical (unpaired) electrons. The van der Waals surface area contributed by atoms with Crippen molar-refractivity contribution in [1.29, 1.82) is 0 Å². The van der Waals surface area contributed by atoms with Crippen molar-refractivity contribution in [3.63, 3.8) is 0 Å². The maximum atomic E-state index is 12.4. The Morgan fingerprint density at radius 1 is 1.12 bits per heavy atom. The number of anilines is 1. The average Bonchev–Trinajstić information content (AvgIpc) is 2.85. The van der Waals surface area contributed by atoms with Crippen LogP contribution in [0.15, 0.2) is 65.3 Å². The Morgan fingerprint density at radius 3 is 2.46 bits per heavy atom. The normalized spacial score (nSPS) is 16.9. The Bertz CT molecular complexity index is 797. The van der Waals surface area contributed by atoms with Gasteiger partial charge in [0.2, 0.25) is 0 Å². The summed E-state index contributed by atoms with van der Waals surface area (Å²) in [4.78, 5) is 24.2. The molecule has 24 heavy (non-hydrogen) atoms. The van der Waals surface area contributed by atoms with Crippen LogP contribution in [-0.2, 0) is 9.53 Å². The summed E-state index contributed by atoms with van der Waals surface area (Å²) in [6.45, 7) is 1.99. The Balaban J connectivity index is 1.78. The molecule has 4 nitrogen and oxygen atoms in total. The molecule has 0 saturated heterocycles. The summed E-state index contributed by atoms with van der Waals surface area (Å²) in [5.74, 6) is -0.722. The first kappa shape index (κ1) is 16.3. The number of hydrogen-bond acceptors (Lipinski definition) is 4. The molecule has 2 aromatic carbocycles. The summed E-state index contributed by atoms with van der Waals surface area (Å²) in [6.07, 6.45) is -0.667. The van der Waals surface area contributed by atoms with E-state index in [9.17, 15) is 9.59 Å². The van der Waals surface area contributed by atoms with Gasteiger partial charge in [-0.05, 0) is 19.1 Å². The summed E-state index contributed by atoms with van der Waals surface area (Å²) in [5.41, 5.74) is 2.90. The molecule has 1 aliphatic heterocycles. The number of carbonyl (C=O) groups is 2. The minimum Gasteiger partial charge on any atom is -0.451 e. The second-order valence-electron chi connectivity index (χ2n) is 5.61. The maximum Gasteiger partial charge on any atom is 0.352 e. The number of ketones is 1. The molecule has 0 spiro atoms. The van der Waals surface area contributed by atoms with Gasteiger partial charge in [0.15, 0.2) is 11.9 Å². The molecule has 1 atom stereocenters. The largest absolute Gasteiger partial charge is 0.451 e. The molecule has 0 aliphatic carbocycles. The maximum absolute atomic E-state index is 12.4. The average molecular weight is 342 g/mol. The number of benzene rings is 2. The SMILES string of the molecule is Cc1ccc(NC2=C(Cl)C(=O)O[C@@H]2CC(=O)c2ccccc2)cc1. The lowest BCUT2D eigenvalue weighted by Gasteiger charge is -2.15. The van der Waals surface area contributed by atoms with E-state index in [1.54, 1.807) is 24.3 Å². The highest BCUT2D eigenvalue weighted by Gasteiger charge is 2.35. The van der Waals surface area contributed by atoms with Gasteiger partial charge >= 0.3 is 5.97 Å². The minimum absolute atomic E-state index is 0.0126. The molecule has 2 aromatic rings. The number of carbonyl (C=O) groups excluding carboxylic acids is 2. The number of cyclic esters (lactones) is 1. The molecule has 1 aliphatic rings. The predicted molar refractivity (Wildman–Crippen MR) is 93.0 cm³/mol. The topological polar surface area (TPSA) is 55.4 Å². The van der Waals surface area contributed by atoms with E-state index in [1.807, 2.05) is 37.3 Å². The van der Waals surface area contributed by atoms with Crippen molar-refractivity contribution in [3.05, 3.63) is 76.5 Å². The Labute approximate surface area is 145 Å². The van der Waals surface area contributed by atoms with Gasteiger partial charge in [-0.15, -0.1) is 0 Å². The first-order valence-corrected chi connectivity index (χ1v) is 7.95. The van der Waals surface area contributed by atoms with Crippen LogP contribution in [0.4, 0.5) is 5.69 Å². The molecular formula is C19H16ClNO3. The molecular weight excluding hydrogens is 326 g/mol. The van der Waals surface area contributed by atoms with Gasteiger partial charge in [0.25, 0.3) is 0 Å². The number of nitrogens with one attached hydrogen (secondary N) is 1. The molecule has 0 bridgehead atoms. The number of Topliss-reactive ketones (excluding diaryl/α,β-unsaturated/α-hetero) is 1. The van der Waals surface area contributed by atoms with Gasteiger partial charge in [-0.3, -0.25) is 4.79 Å². The van der Waals surface area contributed by atoms with Crippen LogP contribution in [0, 0.1) is 6.92 Å². The van der Waals surface area contributed by atoms with Crippen molar-refractivity contribution >= 4 is 29.0 Å². The van der Waals surface area contributed by atoms with Crippen molar-refractivity contribution in [2.24, 2.45) is 0 Å².